The van der Waals surface area contributed by atoms with Gasteiger partial charge in [0, 0.05) is 55.6 Å². The molecule has 1 aliphatic carbocycles. The molecule has 1 aromatic heterocycles. The first-order chi connectivity index (χ1) is 16.2. The zero-order valence-corrected chi connectivity index (χ0v) is 21.2. The standard InChI is InChI=1S/C25H33N5O3S/c1-17(2)30-25(26-16-27-30)20-11-19-7-9-33-24-13-18(5-6-22(24)23(19)12-20)21-14-29(15-21)34(31,32)10-8-28(3)4/h5-6,11,13,16-17,21H,7-10,12,14-15H2,1-4H3. The molecule has 0 radical (unpaired) electrons. The minimum Gasteiger partial charge on any atom is -0.493 e. The third-order valence-electron chi connectivity index (χ3n) is 6.92. The Morgan fingerprint density at radius 2 is 2.03 bits per heavy atom. The van der Waals surface area contributed by atoms with E-state index in [1.54, 1.807) is 10.6 Å². The van der Waals surface area contributed by atoms with Gasteiger partial charge in [-0.25, -0.2) is 22.4 Å². The van der Waals surface area contributed by atoms with Gasteiger partial charge >= 0.3 is 0 Å². The molecule has 2 aromatic rings. The lowest BCUT2D eigenvalue weighted by atomic mass is 9.90. The molecule has 34 heavy (non-hydrogen) atoms. The lowest BCUT2D eigenvalue weighted by molar-refractivity contribution is 0.261. The average Bonchev–Trinajstić information content (AvgIpc) is 3.35. The minimum absolute atomic E-state index is 0.164. The fourth-order valence-electron chi connectivity index (χ4n) is 4.88. The van der Waals surface area contributed by atoms with Crippen LogP contribution < -0.4 is 4.74 Å². The van der Waals surface area contributed by atoms with Gasteiger partial charge in [-0.2, -0.15) is 5.10 Å². The Labute approximate surface area is 202 Å². The van der Waals surface area contributed by atoms with Gasteiger partial charge < -0.3 is 9.64 Å². The highest BCUT2D eigenvalue weighted by Crippen LogP contribution is 2.45. The Hall–Kier alpha value is -2.49. The second kappa shape index (κ2) is 8.94. The van der Waals surface area contributed by atoms with Gasteiger partial charge in [0.1, 0.15) is 12.1 Å². The molecule has 182 valence electrons. The number of nitrogens with zero attached hydrogens (tertiary/aromatic N) is 5. The number of hydrogen-bond acceptors (Lipinski definition) is 6. The van der Waals surface area contributed by atoms with E-state index in [1.807, 2.05) is 23.7 Å². The van der Waals surface area contributed by atoms with E-state index < -0.39 is 10.0 Å². The smallest absolute Gasteiger partial charge is 0.215 e. The molecule has 0 atom stereocenters. The average molecular weight is 484 g/mol. The van der Waals surface area contributed by atoms with Crippen LogP contribution in [0.1, 0.15) is 55.6 Å². The maximum absolute atomic E-state index is 12.5. The summed E-state index contributed by atoms with van der Waals surface area (Å²) in [5.41, 5.74) is 6.08. The first-order valence-corrected chi connectivity index (χ1v) is 13.6. The molecule has 1 saturated heterocycles. The molecule has 3 heterocycles. The van der Waals surface area contributed by atoms with Crippen molar-refractivity contribution in [1.29, 1.82) is 0 Å². The molecule has 0 unspecified atom stereocenters. The maximum atomic E-state index is 12.5. The minimum atomic E-state index is -3.20. The number of rotatable bonds is 7. The van der Waals surface area contributed by atoms with E-state index >= 15 is 0 Å². The van der Waals surface area contributed by atoms with Gasteiger partial charge in [0.2, 0.25) is 10.0 Å². The molecule has 0 N–H and O–H groups in total. The predicted molar refractivity (Wildman–Crippen MR) is 133 cm³/mol. The van der Waals surface area contributed by atoms with Crippen molar-refractivity contribution >= 4 is 21.2 Å². The van der Waals surface area contributed by atoms with Gasteiger partial charge in [0.25, 0.3) is 0 Å². The van der Waals surface area contributed by atoms with Crippen LogP contribution in [0.3, 0.4) is 0 Å². The normalized spacial score (nSPS) is 19.1. The Morgan fingerprint density at radius 1 is 1.24 bits per heavy atom. The van der Waals surface area contributed by atoms with Gasteiger partial charge in [-0.1, -0.05) is 18.2 Å². The zero-order valence-electron chi connectivity index (χ0n) is 20.4. The van der Waals surface area contributed by atoms with Crippen molar-refractivity contribution in [3.63, 3.8) is 0 Å². The summed E-state index contributed by atoms with van der Waals surface area (Å²) >= 11 is 0. The SMILES string of the molecule is CC(C)n1ncnc1C1=CC2=C(C1)c1ccc(C3CN(S(=O)(=O)CCN(C)C)C3)cc1OCC2. The number of hydrogen-bond donors (Lipinski definition) is 0. The van der Waals surface area contributed by atoms with Crippen LogP contribution in [0.25, 0.3) is 11.1 Å². The third-order valence-corrected chi connectivity index (χ3v) is 8.71. The number of allylic oxidation sites excluding steroid dienone is 3. The fourth-order valence-corrected chi connectivity index (χ4v) is 6.55. The van der Waals surface area contributed by atoms with Crippen LogP contribution in [-0.2, 0) is 10.0 Å². The number of ether oxygens (including phenoxy) is 1. The second-order valence-electron chi connectivity index (χ2n) is 9.96. The molecule has 1 fully saturated rings. The largest absolute Gasteiger partial charge is 0.493 e. The van der Waals surface area contributed by atoms with Crippen LogP contribution in [0, 0.1) is 0 Å². The summed E-state index contributed by atoms with van der Waals surface area (Å²) in [6.45, 7) is 6.48. The fraction of sp³-hybridized carbons (Fsp3) is 0.520. The quantitative estimate of drug-likeness (QED) is 0.602. The van der Waals surface area contributed by atoms with E-state index in [9.17, 15) is 8.42 Å². The summed E-state index contributed by atoms with van der Waals surface area (Å²) in [5, 5.41) is 4.40. The van der Waals surface area contributed by atoms with E-state index in [-0.39, 0.29) is 17.7 Å². The molecule has 5 rings (SSSR count). The van der Waals surface area contributed by atoms with E-state index in [2.05, 4.69) is 48.2 Å². The summed E-state index contributed by atoms with van der Waals surface area (Å²) in [7, 11) is 0.585. The van der Waals surface area contributed by atoms with Crippen molar-refractivity contribution in [2.45, 2.75) is 38.6 Å². The van der Waals surface area contributed by atoms with Crippen molar-refractivity contribution in [3.8, 4) is 5.75 Å². The monoisotopic (exact) mass is 483 g/mol. The predicted octanol–water partition coefficient (Wildman–Crippen LogP) is 3.17. The highest BCUT2D eigenvalue weighted by atomic mass is 32.2. The van der Waals surface area contributed by atoms with Crippen molar-refractivity contribution < 1.29 is 13.2 Å². The molecule has 1 aromatic carbocycles. The molecule has 9 heteroatoms. The Kier molecular flexibility index (Phi) is 6.12. The van der Waals surface area contributed by atoms with Crippen LogP contribution in [0.5, 0.6) is 5.75 Å². The number of sulfonamides is 1. The second-order valence-corrected chi connectivity index (χ2v) is 12.0. The summed E-state index contributed by atoms with van der Waals surface area (Å²) < 4.78 is 34.8. The molecule has 0 saturated carbocycles. The Morgan fingerprint density at radius 3 is 2.76 bits per heavy atom. The summed E-state index contributed by atoms with van der Waals surface area (Å²) in [4.78, 5) is 6.43. The number of benzene rings is 1. The van der Waals surface area contributed by atoms with Gasteiger partial charge in [0.15, 0.2) is 5.82 Å². The van der Waals surface area contributed by atoms with Crippen LogP contribution in [0.4, 0.5) is 0 Å². The van der Waals surface area contributed by atoms with Crippen LogP contribution in [0.2, 0.25) is 0 Å². The summed E-state index contributed by atoms with van der Waals surface area (Å²) in [6.07, 6.45) is 5.57. The highest BCUT2D eigenvalue weighted by Gasteiger charge is 2.37. The van der Waals surface area contributed by atoms with Gasteiger partial charge in [-0.15, -0.1) is 0 Å². The van der Waals surface area contributed by atoms with E-state index in [0.717, 1.165) is 35.5 Å². The van der Waals surface area contributed by atoms with Crippen molar-refractivity contribution in [2.24, 2.45) is 0 Å². The molecule has 8 nitrogen and oxygen atoms in total. The topological polar surface area (TPSA) is 80.6 Å². The van der Waals surface area contributed by atoms with E-state index in [1.165, 1.54) is 16.7 Å². The molecule has 0 amide bonds. The van der Waals surface area contributed by atoms with Crippen molar-refractivity contribution in [3.05, 3.63) is 53.1 Å². The molecule has 0 spiro atoms. The van der Waals surface area contributed by atoms with Crippen molar-refractivity contribution in [1.82, 2.24) is 24.0 Å². The van der Waals surface area contributed by atoms with Gasteiger partial charge in [0.05, 0.1) is 12.4 Å². The zero-order chi connectivity index (χ0) is 24.0. The number of fused-ring (bicyclic) bond motifs is 2. The molecular formula is C25H33N5O3S. The van der Waals surface area contributed by atoms with Crippen LogP contribution in [-0.4, -0.2) is 78.5 Å². The third kappa shape index (κ3) is 4.32. The summed E-state index contributed by atoms with van der Waals surface area (Å²) in [6, 6.07) is 6.67. The first-order valence-electron chi connectivity index (χ1n) is 11.9. The van der Waals surface area contributed by atoms with Gasteiger partial charge in [-0.05, 0) is 50.7 Å². The lowest BCUT2D eigenvalue weighted by Gasteiger charge is -2.38. The molecular weight excluding hydrogens is 450 g/mol. The maximum Gasteiger partial charge on any atom is 0.215 e. The highest BCUT2D eigenvalue weighted by molar-refractivity contribution is 7.89. The van der Waals surface area contributed by atoms with Crippen LogP contribution >= 0.6 is 0 Å². The van der Waals surface area contributed by atoms with Gasteiger partial charge in [-0.3, -0.25) is 0 Å². The Balaban J connectivity index is 1.31. The molecule has 0 bridgehead atoms. The van der Waals surface area contributed by atoms with Crippen molar-refractivity contribution in [2.75, 3.05) is 46.1 Å². The summed E-state index contributed by atoms with van der Waals surface area (Å²) in [5.74, 6) is 2.21. The van der Waals surface area contributed by atoms with Crippen LogP contribution in [0.15, 0.2) is 36.2 Å². The first kappa shape index (κ1) is 23.3. The number of aromatic nitrogens is 3. The van der Waals surface area contributed by atoms with E-state index in [4.69, 9.17) is 4.74 Å². The Bertz CT molecular complexity index is 1250. The molecule has 3 aliphatic rings. The molecule has 2 aliphatic heterocycles. The lowest BCUT2D eigenvalue weighted by Crippen LogP contribution is -2.50. The van der Waals surface area contributed by atoms with E-state index in [0.29, 0.717) is 26.2 Å².